The van der Waals surface area contributed by atoms with Crippen molar-refractivity contribution in [1.82, 2.24) is 14.5 Å². The fraction of sp³-hybridized carbons (Fsp3) is 0.172. The zero-order valence-corrected chi connectivity index (χ0v) is 22.2. The first-order valence-electron chi connectivity index (χ1n) is 12.2. The number of fused-ring (bicyclic) bond motifs is 2. The summed E-state index contributed by atoms with van der Waals surface area (Å²) in [6.45, 7) is -0.508. The number of benzene rings is 3. The van der Waals surface area contributed by atoms with Gasteiger partial charge < -0.3 is 9.30 Å². The SMILES string of the molecule is COC(=O)CN(c1ccc2c(c1)nc(CCc1ccc(C#N)cc1)n2C)S(=O)(=O)c1cccc2cccnc12. The van der Waals surface area contributed by atoms with Crippen molar-refractivity contribution >= 4 is 43.6 Å². The summed E-state index contributed by atoms with van der Waals surface area (Å²) >= 11 is 0. The minimum absolute atomic E-state index is 0.00581. The summed E-state index contributed by atoms with van der Waals surface area (Å²) in [4.78, 5) is 21.4. The monoisotopic (exact) mass is 539 g/mol. The number of aromatic nitrogens is 3. The number of sulfonamides is 1. The summed E-state index contributed by atoms with van der Waals surface area (Å²) in [5, 5.41) is 9.68. The number of ether oxygens (including phenoxy) is 1. The van der Waals surface area contributed by atoms with Gasteiger partial charge in [-0.15, -0.1) is 0 Å². The van der Waals surface area contributed by atoms with Gasteiger partial charge in [0.15, 0.2) is 0 Å². The van der Waals surface area contributed by atoms with Crippen LogP contribution in [0.25, 0.3) is 21.9 Å². The summed E-state index contributed by atoms with van der Waals surface area (Å²) < 4.78 is 35.7. The highest BCUT2D eigenvalue weighted by molar-refractivity contribution is 7.93. The van der Waals surface area contributed by atoms with Crippen LogP contribution in [0.1, 0.15) is 17.0 Å². The molecule has 0 radical (unpaired) electrons. The van der Waals surface area contributed by atoms with Gasteiger partial charge in [0.05, 0.1) is 41.0 Å². The minimum Gasteiger partial charge on any atom is -0.468 e. The average molecular weight is 540 g/mol. The number of rotatable bonds is 8. The largest absolute Gasteiger partial charge is 0.468 e. The Hall–Kier alpha value is -4.75. The second-order valence-electron chi connectivity index (χ2n) is 8.99. The van der Waals surface area contributed by atoms with E-state index < -0.39 is 22.5 Å². The quantitative estimate of drug-likeness (QED) is 0.272. The summed E-state index contributed by atoms with van der Waals surface area (Å²) in [7, 11) is -1.07. The first-order valence-corrected chi connectivity index (χ1v) is 13.6. The van der Waals surface area contributed by atoms with Gasteiger partial charge in [0.2, 0.25) is 0 Å². The Morgan fingerprint density at radius 2 is 1.82 bits per heavy atom. The number of aryl methyl sites for hydroxylation is 3. The Morgan fingerprint density at radius 3 is 2.56 bits per heavy atom. The number of esters is 1. The van der Waals surface area contributed by atoms with Crippen LogP contribution in [0.2, 0.25) is 0 Å². The van der Waals surface area contributed by atoms with E-state index in [0.29, 0.717) is 28.4 Å². The van der Waals surface area contributed by atoms with Crippen LogP contribution in [-0.2, 0) is 39.4 Å². The smallest absolute Gasteiger partial charge is 0.326 e. The molecule has 9 nitrogen and oxygen atoms in total. The molecule has 0 aliphatic heterocycles. The molecule has 0 saturated carbocycles. The second kappa shape index (κ2) is 10.6. The summed E-state index contributed by atoms with van der Waals surface area (Å²) in [6, 6.07) is 23.1. The van der Waals surface area contributed by atoms with Crippen molar-refractivity contribution in [3.8, 4) is 6.07 Å². The number of carbonyl (C=O) groups is 1. The molecule has 39 heavy (non-hydrogen) atoms. The number of methoxy groups -OCH3 is 1. The van der Waals surface area contributed by atoms with Crippen LogP contribution in [0.15, 0.2) is 83.9 Å². The third-order valence-electron chi connectivity index (χ3n) is 6.63. The molecular weight excluding hydrogens is 514 g/mol. The van der Waals surface area contributed by atoms with Gasteiger partial charge in [-0.2, -0.15) is 5.26 Å². The van der Waals surface area contributed by atoms with Crippen LogP contribution in [0.5, 0.6) is 0 Å². The first kappa shape index (κ1) is 25.9. The number of carbonyl (C=O) groups excluding carboxylic acids is 1. The lowest BCUT2D eigenvalue weighted by Gasteiger charge is -2.24. The van der Waals surface area contributed by atoms with E-state index >= 15 is 0 Å². The van der Waals surface area contributed by atoms with Crippen molar-refractivity contribution < 1.29 is 17.9 Å². The molecule has 0 atom stereocenters. The molecular formula is C29H25N5O4S. The number of para-hydroxylation sites is 1. The van der Waals surface area contributed by atoms with E-state index in [1.54, 1.807) is 54.6 Å². The maximum atomic E-state index is 13.9. The minimum atomic E-state index is -4.20. The standard InChI is InChI=1S/C29H25N5O4S/c1-33-25-14-13-23(17-24(25)32-27(33)15-12-20-8-10-21(18-30)11-9-20)34(19-28(35)38-2)39(36,37)26-7-3-5-22-6-4-16-31-29(22)26/h3-11,13-14,16-17H,12,15,19H2,1-2H3. The Bertz CT molecular complexity index is 1830. The molecule has 5 aromatic rings. The number of nitrogens with zero attached hydrogens (tertiary/aromatic N) is 5. The Morgan fingerprint density at radius 1 is 1.05 bits per heavy atom. The fourth-order valence-electron chi connectivity index (χ4n) is 4.52. The van der Waals surface area contributed by atoms with Gasteiger partial charge in [-0.1, -0.05) is 30.3 Å². The summed E-state index contributed by atoms with van der Waals surface area (Å²) in [6.07, 6.45) is 2.91. The van der Waals surface area contributed by atoms with Crippen molar-refractivity contribution in [2.75, 3.05) is 18.0 Å². The van der Waals surface area contributed by atoms with Gasteiger partial charge >= 0.3 is 5.97 Å². The molecule has 0 aliphatic carbocycles. The van der Waals surface area contributed by atoms with Crippen LogP contribution in [0.3, 0.4) is 0 Å². The molecule has 0 bridgehead atoms. The van der Waals surface area contributed by atoms with Crippen LogP contribution in [0, 0.1) is 11.3 Å². The zero-order valence-electron chi connectivity index (χ0n) is 21.4. The molecule has 196 valence electrons. The highest BCUT2D eigenvalue weighted by Crippen LogP contribution is 2.30. The van der Waals surface area contributed by atoms with Crippen LogP contribution < -0.4 is 4.31 Å². The molecule has 2 aromatic heterocycles. The van der Waals surface area contributed by atoms with Gasteiger partial charge in [-0.25, -0.2) is 13.4 Å². The molecule has 0 fully saturated rings. The number of nitriles is 1. The number of hydrogen-bond donors (Lipinski definition) is 0. The van der Waals surface area contributed by atoms with Gasteiger partial charge in [-0.05, 0) is 54.4 Å². The topological polar surface area (TPSA) is 118 Å². The maximum absolute atomic E-state index is 13.9. The lowest BCUT2D eigenvalue weighted by atomic mass is 10.1. The van der Waals surface area contributed by atoms with Crippen molar-refractivity contribution in [2.24, 2.45) is 7.05 Å². The molecule has 5 rings (SSSR count). The van der Waals surface area contributed by atoms with E-state index in [4.69, 9.17) is 15.0 Å². The van der Waals surface area contributed by atoms with Crippen molar-refractivity contribution in [3.05, 3.63) is 95.9 Å². The Kier molecular flexibility index (Phi) is 7.00. The van der Waals surface area contributed by atoms with E-state index in [1.807, 2.05) is 23.7 Å². The number of imidazole rings is 1. The number of hydrogen-bond acceptors (Lipinski definition) is 7. The van der Waals surface area contributed by atoms with Gasteiger partial charge in [0.1, 0.15) is 17.3 Å². The predicted octanol–water partition coefficient (Wildman–Crippen LogP) is 4.15. The Labute approximate surface area is 226 Å². The maximum Gasteiger partial charge on any atom is 0.326 e. The zero-order chi connectivity index (χ0) is 27.6. The van der Waals surface area contributed by atoms with E-state index in [-0.39, 0.29) is 10.6 Å². The van der Waals surface area contributed by atoms with E-state index in [1.165, 1.54) is 19.4 Å². The lowest BCUT2D eigenvalue weighted by molar-refractivity contribution is -0.138. The van der Waals surface area contributed by atoms with Crippen molar-refractivity contribution in [3.63, 3.8) is 0 Å². The van der Waals surface area contributed by atoms with E-state index in [9.17, 15) is 13.2 Å². The van der Waals surface area contributed by atoms with Crippen LogP contribution in [0.4, 0.5) is 5.69 Å². The molecule has 0 N–H and O–H groups in total. The highest BCUT2D eigenvalue weighted by Gasteiger charge is 2.30. The average Bonchev–Trinajstić information content (AvgIpc) is 3.28. The molecule has 3 aromatic carbocycles. The van der Waals surface area contributed by atoms with Gasteiger partial charge in [0, 0.05) is 25.1 Å². The van der Waals surface area contributed by atoms with E-state index in [2.05, 4.69) is 11.1 Å². The van der Waals surface area contributed by atoms with E-state index in [0.717, 1.165) is 27.6 Å². The third kappa shape index (κ3) is 5.04. The summed E-state index contributed by atoms with van der Waals surface area (Å²) in [5.74, 6) is 0.128. The molecule has 0 unspecified atom stereocenters. The predicted molar refractivity (Wildman–Crippen MR) is 148 cm³/mol. The van der Waals surface area contributed by atoms with Crippen molar-refractivity contribution in [1.29, 1.82) is 5.26 Å². The lowest BCUT2D eigenvalue weighted by Crippen LogP contribution is -2.36. The van der Waals surface area contributed by atoms with Crippen LogP contribution >= 0.6 is 0 Å². The molecule has 0 saturated heterocycles. The molecule has 0 amide bonds. The van der Waals surface area contributed by atoms with Crippen LogP contribution in [-0.4, -0.2) is 42.6 Å². The normalized spacial score (nSPS) is 11.4. The van der Waals surface area contributed by atoms with Gasteiger partial charge in [0.25, 0.3) is 10.0 Å². The van der Waals surface area contributed by atoms with Crippen molar-refractivity contribution in [2.45, 2.75) is 17.7 Å². The number of pyridine rings is 1. The molecule has 10 heteroatoms. The third-order valence-corrected chi connectivity index (χ3v) is 8.43. The van der Waals surface area contributed by atoms with Gasteiger partial charge in [-0.3, -0.25) is 14.1 Å². The molecule has 0 spiro atoms. The molecule has 0 aliphatic rings. The Balaban J connectivity index is 1.52. The summed E-state index contributed by atoms with van der Waals surface area (Å²) in [5.41, 5.74) is 3.73. The second-order valence-corrected chi connectivity index (χ2v) is 10.8. The highest BCUT2D eigenvalue weighted by atomic mass is 32.2. The molecule has 2 heterocycles. The number of anilines is 1. The fourth-order valence-corrected chi connectivity index (χ4v) is 6.09. The first-order chi connectivity index (χ1) is 18.8.